The number of benzene rings is 1. The van der Waals surface area contributed by atoms with Crippen LogP contribution in [0.3, 0.4) is 0 Å². The number of aromatic nitrogens is 1. The summed E-state index contributed by atoms with van der Waals surface area (Å²) >= 11 is 5.90. The highest BCUT2D eigenvalue weighted by molar-refractivity contribution is 7.92. The number of halogens is 1. The second-order valence-electron chi connectivity index (χ2n) is 4.07. The number of nitrogens with one attached hydrogen (secondary N) is 1. The molecule has 1 aromatic carbocycles. The number of rotatable bonds is 5. The Hall–Kier alpha value is -1.99. The molecule has 2 aromatic rings. The number of hydrogen-bond acceptors (Lipinski definition) is 5. The molecule has 0 amide bonds. The molecule has 1 heterocycles. The van der Waals surface area contributed by atoms with Crippen molar-refractivity contribution >= 4 is 33.1 Å². The number of nitrogens with zero attached hydrogens (tertiary/aromatic N) is 1. The van der Waals surface area contributed by atoms with E-state index in [4.69, 9.17) is 22.1 Å². The van der Waals surface area contributed by atoms with Gasteiger partial charge in [-0.05, 0) is 37.3 Å². The van der Waals surface area contributed by atoms with Crippen molar-refractivity contribution in [2.45, 2.75) is 11.8 Å². The van der Waals surface area contributed by atoms with E-state index in [1.165, 1.54) is 24.4 Å². The lowest BCUT2D eigenvalue weighted by Crippen LogP contribution is -2.16. The van der Waals surface area contributed by atoms with E-state index < -0.39 is 10.0 Å². The second-order valence-corrected chi connectivity index (χ2v) is 6.15. The Morgan fingerprint density at radius 3 is 2.81 bits per heavy atom. The van der Waals surface area contributed by atoms with Gasteiger partial charge in [0.15, 0.2) is 0 Å². The van der Waals surface area contributed by atoms with Gasteiger partial charge in [-0.25, -0.2) is 13.4 Å². The van der Waals surface area contributed by atoms with Crippen LogP contribution < -0.4 is 15.2 Å². The minimum absolute atomic E-state index is 0.0787. The van der Waals surface area contributed by atoms with Crippen LogP contribution in [0.2, 0.25) is 5.02 Å². The van der Waals surface area contributed by atoms with Gasteiger partial charge < -0.3 is 10.5 Å². The maximum atomic E-state index is 12.4. The fraction of sp³-hybridized carbons (Fsp3) is 0.154. The van der Waals surface area contributed by atoms with Crippen molar-refractivity contribution in [3.8, 4) is 5.75 Å². The normalized spacial score (nSPS) is 11.1. The zero-order chi connectivity index (χ0) is 15.5. The van der Waals surface area contributed by atoms with Gasteiger partial charge in [0.2, 0.25) is 0 Å². The fourth-order valence-corrected chi connectivity index (χ4v) is 3.01. The molecule has 0 saturated carbocycles. The summed E-state index contributed by atoms with van der Waals surface area (Å²) in [5.41, 5.74) is 5.84. The third kappa shape index (κ3) is 3.56. The monoisotopic (exact) mass is 327 g/mol. The topological polar surface area (TPSA) is 94.3 Å². The number of anilines is 2. The van der Waals surface area contributed by atoms with Crippen LogP contribution in [0.15, 0.2) is 41.4 Å². The van der Waals surface area contributed by atoms with E-state index in [1.807, 2.05) is 0 Å². The van der Waals surface area contributed by atoms with Crippen LogP contribution in [0.1, 0.15) is 6.92 Å². The zero-order valence-corrected chi connectivity index (χ0v) is 12.8. The molecule has 0 saturated heterocycles. The van der Waals surface area contributed by atoms with Crippen molar-refractivity contribution in [2.75, 3.05) is 17.1 Å². The average Bonchev–Trinajstić information content (AvgIpc) is 2.42. The second kappa shape index (κ2) is 6.19. The summed E-state index contributed by atoms with van der Waals surface area (Å²) in [6.45, 7) is 2.19. The van der Waals surface area contributed by atoms with Crippen LogP contribution in [-0.2, 0) is 10.0 Å². The van der Waals surface area contributed by atoms with Crippen molar-refractivity contribution in [2.24, 2.45) is 0 Å². The molecule has 0 bridgehead atoms. The minimum atomic E-state index is -3.88. The van der Waals surface area contributed by atoms with Crippen LogP contribution in [0.25, 0.3) is 0 Å². The smallest absolute Gasteiger partial charge is 0.265 e. The molecule has 0 radical (unpaired) electrons. The Balaban J connectivity index is 2.41. The van der Waals surface area contributed by atoms with Crippen LogP contribution in [0.4, 0.5) is 11.5 Å². The van der Waals surface area contributed by atoms with Gasteiger partial charge in [0.25, 0.3) is 10.0 Å². The van der Waals surface area contributed by atoms with Crippen molar-refractivity contribution in [3.63, 3.8) is 0 Å². The van der Waals surface area contributed by atoms with E-state index in [2.05, 4.69) is 9.71 Å². The number of nitrogens with two attached hydrogens (primary N) is 1. The van der Waals surface area contributed by atoms with E-state index >= 15 is 0 Å². The summed E-state index contributed by atoms with van der Waals surface area (Å²) < 4.78 is 32.5. The molecule has 0 fully saturated rings. The molecule has 8 heteroatoms. The quantitative estimate of drug-likeness (QED) is 0.880. The standard InChI is InChI=1S/C13H14ClN3O3S/c1-2-20-11-6-5-9(14)8-10(11)17-21(18,19)12-4-3-7-16-13(12)15/h3-8,17H,2H2,1H3,(H2,15,16). The van der Waals surface area contributed by atoms with Crippen molar-refractivity contribution in [3.05, 3.63) is 41.6 Å². The van der Waals surface area contributed by atoms with Crippen LogP contribution >= 0.6 is 11.6 Å². The number of pyridine rings is 1. The van der Waals surface area contributed by atoms with E-state index in [-0.39, 0.29) is 16.4 Å². The molecular weight excluding hydrogens is 314 g/mol. The van der Waals surface area contributed by atoms with Crippen LogP contribution in [0.5, 0.6) is 5.75 Å². The summed E-state index contributed by atoms with van der Waals surface area (Å²) in [5.74, 6) is 0.304. The molecular formula is C13H14ClN3O3S. The molecule has 1 aromatic heterocycles. The van der Waals surface area contributed by atoms with Gasteiger partial charge in [-0.15, -0.1) is 0 Å². The molecule has 6 nitrogen and oxygen atoms in total. The number of hydrogen-bond donors (Lipinski definition) is 2. The molecule has 112 valence electrons. The number of ether oxygens (including phenoxy) is 1. The molecule has 0 aliphatic heterocycles. The summed E-state index contributed by atoms with van der Waals surface area (Å²) in [4.78, 5) is 3.66. The highest BCUT2D eigenvalue weighted by Crippen LogP contribution is 2.30. The number of sulfonamides is 1. The van der Waals surface area contributed by atoms with Gasteiger partial charge in [0, 0.05) is 11.2 Å². The molecule has 21 heavy (non-hydrogen) atoms. The maximum absolute atomic E-state index is 12.4. The largest absolute Gasteiger partial charge is 0.492 e. The predicted octanol–water partition coefficient (Wildman–Crippen LogP) is 2.52. The third-order valence-electron chi connectivity index (χ3n) is 2.58. The Kier molecular flexibility index (Phi) is 4.54. The molecule has 0 unspecified atom stereocenters. The first kappa shape index (κ1) is 15.4. The van der Waals surface area contributed by atoms with Gasteiger partial charge in [-0.3, -0.25) is 4.72 Å². The van der Waals surface area contributed by atoms with Gasteiger partial charge >= 0.3 is 0 Å². The molecule has 0 atom stereocenters. The lowest BCUT2D eigenvalue weighted by Gasteiger charge is -2.13. The third-order valence-corrected chi connectivity index (χ3v) is 4.22. The summed E-state index contributed by atoms with van der Waals surface area (Å²) in [5, 5.41) is 0.385. The lowest BCUT2D eigenvalue weighted by atomic mass is 10.3. The minimum Gasteiger partial charge on any atom is -0.492 e. The first-order valence-corrected chi connectivity index (χ1v) is 7.96. The Morgan fingerprint density at radius 2 is 2.14 bits per heavy atom. The van der Waals surface area contributed by atoms with E-state index in [0.717, 1.165) is 0 Å². The van der Waals surface area contributed by atoms with E-state index in [0.29, 0.717) is 17.4 Å². The summed E-state index contributed by atoms with van der Waals surface area (Å²) in [6.07, 6.45) is 1.42. The average molecular weight is 328 g/mol. The fourth-order valence-electron chi connectivity index (χ4n) is 1.69. The van der Waals surface area contributed by atoms with Gasteiger partial charge in [0.1, 0.15) is 16.5 Å². The van der Waals surface area contributed by atoms with Crippen molar-refractivity contribution in [1.29, 1.82) is 0 Å². The molecule has 0 aliphatic rings. The van der Waals surface area contributed by atoms with Gasteiger partial charge in [-0.2, -0.15) is 0 Å². The predicted molar refractivity (Wildman–Crippen MR) is 82.1 cm³/mol. The Labute approximate surface area is 128 Å². The van der Waals surface area contributed by atoms with Gasteiger partial charge in [0.05, 0.1) is 12.3 Å². The molecule has 2 rings (SSSR count). The van der Waals surface area contributed by atoms with E-state index in [9.17, 15) is 8.42 Å². The number of nitrogen functional groups attached to an aromatic ring is 1. The summed E-state index contributed by atoms with van der Waals surface area (Å²) in [6, 6.07) is 7.54. The van der Waals surface area contributed by atoms with Crippen molar-refractivity contribution in [1.82, 2.24) is 4.98 Å². The first-order valence-electron chi connectivity index (χ1n) is 6.09. The van der Waals surface area contributed by atoms with E-state index in [1.54, 1.807) is 19.1 Å². The lowest BCUT2D eigenvalue weighted by molar-refractivity contribution is 0.342. The highest BCUT2D eigenvalue weighted by atomic mass is 35.5. The Morgan fingerprint density at radius 1 is 1.38 bits per heavy atom. The first-order chi connectivity index (χ1) is 9.94. The van der Waals surface area contributed by atoms with Crippen LogP contribution in [-0.4, -0.2) is 20.0 Å². The zero-order valence-electron chi connectivity index (χ0n) is 11.2. The molecule has 0 spiro atoms. The van der Waals surface area contributed by atoms with Crippen molar-refractivity contribution < 1.29 is 13.2 Å². The Bertz CT molecular complexity index is 750. The molecule has 3 N–H and O–H groups in total. The maximum Gasteiger partial charge on any atom is 0.265 e. The van der Waals surface area contributed by atoms with Gasteiger partial charge in [-0.1, -0.05) is 11.6 Å². The highest BCUT2D eigenvalue weighted by Gasteiger charge is 2.20. The summed E-state index contributed by atoms with van der Waals surface area (Å²) in [7, 11) is -3.88. The van der Waals surface area contributed by atoms with Crippen LogP contribution in [0, 0.1) is 0 Å². The molecule has 0 aliphatic carbocycles. The SMILES string of the molecule is CCOc1ccc(Cl)cc1NS(=O)(=O)c1cccnc1N.